The molecule has 0 radical (unpaired) electrons. The molecule has 0 saturated heterocycles. The molecule has 0 amide bonds. The van der Waals surface area contributed by atoms with Crippen LogP contribution in [0.4, 0.5) is 5.69 Å². The van der Waals surface area contributed by atoms with Crippen molar-refractivity contribution in [2.45, 2.75) is 40.0 Å². The molecule has 0 unspecified atom stereocenters. The molecule has 0 saturated carbocycles. The van der Waals surface area contributed by atoms with Crippen molar-refractivity contribution in [1.82, 2.24) is 0 Å². The quantitative estimate of drug-likeness (QED) is 0.219. The van der Waals surface area contributed by atoms with Gasteiger partial charge in [-0.1, -0.05) is 13.3 Å². The highest BCUT2D eigenvalue weighted by molar-refractivity contribution is 9.10. The first kappa shape index (κ1) is 22.7. The molecule has 0 spiro atoms. The molecule has 2 rings (SSSR count). The minimum atomic E-state index is -0.440. The molecule has 29 heavy (non-hydrogen) atoms. The van der Waals surface area contributed by atoms with Gasteiger partial charge in [-0.05, 0) is 54.4 Å². The summed E-state index contributed by atoms with van der Waals surface area (Å²) in [6, 6.07) is 6.31. The minimum Gasteiger partial charge on any atom is -0.507 e. The summed E-state index contributed by atoms with van der Waals surface area (Å²) in [7, 11) is 0. The third-order valence-electron chi connectivity index (χ3n) is 4.37. The van der Waals surface area contributed by atoms with Crippen molar-refractivity contribution in [2.75, 3.05) is 13.2 Å². The van der Waals surface area contributed by atoms with Crippen molar-refractivity contribution in [3.63, 3.8) is 0 Å². The second kappa shape index (κ2) is 10.2. The average molecular weight is 466 g/mol. The summed E-state index contributed by atoms with van der Waals surface area (Å²) in [5.41, 5.74) is 1.47. The van der Waals surface area contributed by atoms with E-state index in [9.17, 15) is 20.0 Å². The van der Waals surface area contributed by atoms with Crippen LogP contribution in [0.3, 0.4) is 0 Å². The van der Waals surface area contributed by atoms with Crippen molar-refractivity contribution in [2.24, 2.45) is 0 Å². The summed E-state index contributed by atoms with van der Waals surface area (Å²) in [6.45, 7) is 5.70. The lowest BCUT2D eigenvalue weighted by molar-refractivity contribution is -0.385. The molecular formula is C21H24BrNO6. The van der Waals surface area contributed by atoms with E-state index >= 15 is 0 Å². The molecule has 0 aromatic heterocycles. The van der Waals surface area contributed by atoms with Crippen LogP contribution in [-0.4, -0.2) is 29.0 Å². The Kier molecular flexibility index (Phi) is 8.01. The Bertz CT molecular complexity index is 913. The molecule has 156 valence electrons. The van der Waals surface area contributed by atoms with Gasteiger partial charge in [-0.15, -0.1) is 0 Å². The lowest BCUT2D eigenvalue weighted by Gasteiger charge is -2.15. The Balaban J connectivity index is 1.98. The van der Waals surface area contributed by atoms with Gasteiger partial charge in [-0.25, -0.2) is 0 Å². The highest BCUT2D eigenvalue weighted by Crippen LogP contribution is 2.34. The summed E-state index contributed by atoms with van der Waals surface area (Å²) in [5, 5.41) is 21.4. The fourth-order valence-electron chi connectivity index (χ4n) is 2.90. The van der Waals surface area contributed by atoms with Gasteiger partial charge in [0.2, 0.25) is 0 Å². The molecule has 8 heteroatoms. The van der Waals surface area contributed by atoms with Crippen LogP contribution in [0.2, 0.25) is 0 Å². The predicted molar refractivity (Wildman–Crippen MR) is 113 cm³/mol. The maximum absolute atomic E-state index is 11.6. The number of benzene rings is 2. The maximum atomic E-state index is 11.6. The van der Waals surface area contributed by atoms with E-state index in [1.165, 1.54) is 13.0 Å². The molecule has 7 nitrogen and oxygen atoms in total. The number of ketones is 1. The van der Waals surface area contributed by atoms with Gasteiger partial charge in [-0.2, -0.15) is 0 Å². The number of halogens is 1. The standard InChI is InChI=1S/C21H24BrNO6/c1-4-6-16-19(8-7-15(14(3)24)21(16)25)28-9-5-10-29-20-12-18(23(26)27)13(2)11-17(20)22/h7-8,11-12,25H,4-6,9-10H2,1-3H3. The summed E-state index contributed by atoms with van der Waals surface area (Å²) in [6.07, 6.45) is 1.93. The molecule has 1 N–H and O–H groups in total. The fraction of sp³-hybridized carbons (Fsp3) is 0.381. The second-order valence-corrected chi connectivity index (χ2v) is 7.48. The Labute approximate surface area is 177 Å². The van der Waals surface area contributed by atoms with Crippen LogP contribution in [-0.2, 0) is 6.42 Å². The summed E-state index contributed by atoms with van der Waals surface area (Å²) < 4.78 is 12.1. The number of Topliss-reactive ketones (excluding diaryl/α,β-unsaturated/α-hetero) is 1. The number of hydrogen-bond acceptors (Lipinski definition) is 6. The predicted octanol–water partition coefficient (Wildman–Crippen LogP) is 5.37. The van der Waals surface area contributed by atoms with E-state index in [4.69, 9.17) is 9.47 Å². The Morgan fingerprint density at radius 1 is 1.21 bits per heavy atom. The van der Waals surface area contributed by atoms with E-state index < -0.39 is 4.92 Å². The van der Waals surface area contributed by atoms with E-state index in [2.05, 4.69) is 15.9 Å². The molecule has 0 atom stereocenters. The summed E-state index contributed by atoms with van der Waals surface area (Å²) in [5.74, 6) is 0.723. The Hall–Kier alpha value is -2.61. The van der Waals surface area contributed by atoms with Crippen molar-refractivity contribution in [1.29, 1.82) is 0 Å². The topological polar surface area (TPSA) is 98.9 Å². The first-order chi connectivity index (χ1) is 13.8. The van der Waals surface area contributed by atoms with E-state index in [0.29, 0.717) is 53.2 Å². The van der Waals surface area contributed by atoms with E-state index in [1.807, 2.05) is 6.92 Å². The van der Waals surface area contributed by atoms with Crippen molar-refractivity contribution < 1.29 is 24.3 Å². The number of ether oxygens (including phenoxy) is 2. The van der Waals surface area contributed by atoms with Gasteiger partial charge in [0.25, 0.3) is 5.69 Å². The second-order valence-electron chi connectivity index (χ2n) is 6.62. The number of phenols is 1. The highest BCUT2D eigenvalue weighted by Gasteiger charge is 2.17. The number of nitrogens with zero attached hydrogens (tertiary/aromatic N) is 1. The Morgan fingerprint density at radius 3 is 2.45 bits per heavy atom. The molecular weight excluding hydrogens is 442 g/mol. The number of rotatable bonds is 10. The van der Waals surface area contributed by atoms with Gasteiger partial charge in [0.15, 0.2) is 5.78 Å². The third kappa shape index (κ3) is 5.69. The maximum Gasteiger partial charge on any atom is 0.276 e. The van der Waals surface area contributed by atoms with Crippen LogP contribution in [0.25, 0.3) is 0 Å². The van der Waals surface area contributed by atoms with E-state index in [0.717, 1.165) is 6.42 Å². The SMILES string of the molecule is CCCc1c(OCCCOc2cc([N+](=O)[O-])c(C)cc2Br)ccc(C(C)=O)c1O. The van der Waals surface area contributed by atoms with Gasteiger partial charge in [0, 0.05) is 17.5 Å². The van der Waals surface area contributed by atoms with E-state index in [1.54, 1.807) is 25.1 Å². The van der Waals surface area contributed by atoms with Gasteiger partial charge in [0.1, 0.15) is 17.2 Å². The molecule has 0 aliphatic carbocycles. The molecule has 0 bridgehead atoms. The zero-order valence-corrected chi connectivity index (χ0v) is 18.2. The molecule has 0 aliphatic rings. The molecule has 0 heterocycles. The van der Waals surface area contributed by atoms with Crippen LogP contribution < -0.4 is 9.47 Å². The zero-order valence-electron chi connectivity index (χ0n) is 16.7. The zero-order chi connectivity index (χ0) is 21.6. The number of carbonyl (C=O) groups is 1. The minimum absolute atomic E-state index is 0.00435. The lowest BCUT2D eigenvalue weighted by Crippen LogP contribution is -2.07. The average Bonchev–Trinajstić information content (AvgIpc) is 2.64. The fourth-order valence-corrected chi connectivity index (χ4v) is 3.47. The molecule has 0 fully saturated rings. The number of hydrogen-bond donors (Lipinski definition) is 1. The number of aryl methyl sites for hydroxylation is 1. The van der Waals surface area contributed by atoms with Crippen molar-refractivity contribution in [3.8, 4) is 17.2 Å². The smallest absolute Gasteiger partial charge is 0.276 e. The number of carbonyl (C=O) groups excluding carboxylic acids is 1. The molecule has 0 aliphatic heterocycles. The van der Waals surface area contributed by atoms with Crippen molar-refractivity contribution >= 4 is 27.4 Å². The lowest BCUT2D eigenvalue weighted by atomic mass is 10.0. The van der Waals surface area contributed by atoms with Crippen LogP contribution in [0.15, 0.2) is 28.7 Å². The summed E-state index contributed by atoms with van der Waals surface area (Å²) in [4.78, 5) is 22.2. The monoisotopic (exact) mass is 465 g/mol. The normalized spacial score (nSPS) is 10.6. The third-order valence-corrected chi connectivity index (χ3v) is 4.99. The van der Waals surface area contributed by atoms with Crippen LogP contribution in [0, 0.1) is 17.0 Å². The molecule has 2 aromatic rings. The Morgan fingerprint density at radius 2 is 1.86 bits per heavy atom. The van der Waals surface area contributed by atoms with Crippen molar-refractivity contribution in [3.05, 3.63) is 55.5 Å². The van der Waals surface area contributed by atoms with Crippen LogP contribution in [0.5, 0.6) is 17.2 Å². The number of aromatic hydroxyl groups is 1. The molecule has 2 aromatic carbocycles. The summed E-state index contributed by atoms with van der Waals surface area (Å²) >= 11 is 3.36. The highest BCUT2D eigenvalue weighted by atomic mass is 79.9. The first-order valence-corrected chi connectivity index (χ1v) is 10.1. The van der Waals surface area contributed by atoms with Crippen LogP contribution >= 0.6 is 15.9 Å². The number of nitro benzene ring substituents is 1. The van der Waals surface area contributed by atoms with Gasteiger partial charge >= 0.3 is 0 Å². The first-order valence-electron chi connectivity index (χ1n) is 9.32. The van der Waals surface area contributed by atoms with Crippen LogP contribution in [0.1, 0.15) is 48.2 Å². The van der Waals surface area contributed by atoms with Gasteiger partial charge in [0.05, 0.1) is 34.2 Å². The van der Waals surface area contributed by atoms with E-state index in [-0.39, 0.29) is 22.8 Å². The number of phenolic OH excluding ortho intramolecular Hbond substituents is 1. The van der Waals surface area contributed by atoms with Gasteiger partial charge in [-0.3, -0.25) is 14.9 Å². The number of nitro groups is 1. The van der Waals surface area contributed by atoms with Gasteiger partial charge < -0.3 is 14.6 Å². The largest absolute Gasteiger partial charge is 0.507 e.